The maximum Gasteiger partial charge on any atom is 0.298 e. The predicted octanol–water partition coefficient (Wildman–Crippen LogP) is 5.51. The van der Waals surface area contributed by atoms with E-state index in [1.807, 2.05) is 25.8 Å². The number of anilines is 2. The summed E-state index contributed by atoms with van der Waals surface area (Å²) >= 11 is 0. The minimum atomic E-state index is -3.65. The van der Waals surface area contributed by atoms with Gasteiger partial charge in [-0.05, 0) is 46.0 Å². The molecule has 1 aliphatic heterocycles. The number of benzene rings is 1. The SMILES string of the molecule is C/C=C(\C(=C/N(C)C=O)C(=O)Nc1cc(-c2ccc(OCCOC)nc2)c(F)cc1N1CC(C)N(C)C(C)C1)P(F)F. The fraction of sp³-hybridized carbons (Fsp3) is 0.414. The van der Waals surface area contributed by atoms with Crippen molar-refractivity contribution in [2.24, 2.45) is 0 Å². The molecule has 1 aromatic carbocycles. The number of ether oxygens (including phenoxy) is 2. The van der Waals surface area contributed by atoms with Crippen molar-refractivity contribution in [2.45, 2.75) is 32.9 Å². The molecule has 1 saturated heterocycles. The van der Waals surface area contributed by atoms with E-state index in [2.05, 4.69) is 15.2 Å². The molecule has 1 fully saturated rings. The van der Waals surface area contributed by atoms with Gasteiger partial charge in [0, 0.05) is 74.2 Å². The molecule has 2 heterocycles. The van der Waals surface area contributed by atoms with Crippen LogP contribution in [0.1, 0.15) is 20.8 Å². The zero-order valence-corrected chi connectivity index (χ0v) is 25.5. The van der Waals surface area contributed by atoms with Crippen molar-refractivity contribution in [3.63, 3.8) is 0 Å². The number of carbonyl (C=O) groups is 2. The van der Waals surface area contributed by atoms with Gasteiger partial charge in [-0.15, -0.1) is 0 Å². The summed E-state index contributed by atoms with van der Waals surface area (Å²) < 4.78 is 54.1. The summed E-state index contributed by atoms with van der Waals surface area (Å²) in [6, 6.07) is 6.31. The van der Waals surface area contributed by atoms with Crippen LogP contribution in [-0.4, -0.2) is 86.7 Å². The van der Waals surface area contributed by atoms with Crippen molar-refractivity contribution < 1.29 is 31.8 Å². The third kappa shape index (κ3) is 8.08. The van der Waals surface area contributed by atoms with E-state index in [9.17, 15) is 18.0 Å². The number of hydrogen-bond acceptors (Lipinski definition) is 7. The highest BCUT2D eigenvalue weighted by Gasteiger charge is 2.30. The second-order valence-corrected chi connectivity index (χ2v) is 11.0. The molecule has 2 unspecified atom stereocenters. The number of aromatic nitrogens is 1. The predicted molar refractivity (Wildman–Crippen MR) is 159 cm³/mol. The molecule has 1 aromatic heterocycles. The topological polar surface area (TPSA) is 87.2 Å². The molecule has 42 heavy (non-hydrogen) atoms. The Morgan fingerprint density at radius 1 is 1.21 bits per heavy atom. The van der Waals surface area contributed by atoms with Gasteiger partial charge >= 0.3 is 0 Å². The molecule has 0 saturated carbocycles. The average molecular weight is 608 g/mol. The first-order chi connectivity index (χ1) is 20.0. The zero-order valence-electron chi connectivity index (χ0n) is 24.6. The van der Waals surface area contributed by atoms with Gasteiger partial charge in [0.15, 0.2) is 0 Å². The molecule has 9 nitrogen and oxygen atoms in total. The number of amides is 2. The summed E-state index contributed by atoms with van der Waals surface area (Å²) in [6.07, 6.45) is 4.07. The third-order valence-electron chi connectivity index (χ3n) is 7.09. The highest BCUT2D eigenvalue weighted by atomic mass is 31.2. The van der Waals surface area contributed by atoms with E-state index >= 15 is 4.39 Å². The molecular weight excluding hydrogens is 570 g/mol. The molecule has 2 aromatic rings. The maximum absolute atomic E-state index is 15.7. The lowest BCUT2D eigenvalue weighted by Gasteiger charge is -2.44. The first-order valence-corrected chi connectivity index (χ1v) is 14.5. The van der Waals surface area contributed by atoms with Crippen molar-refractivity contribution in [3.8, 4) is 17.0 Å². The van der Waals surface area contributed by atoms with E-state index in [1.54, 1.807) is 19.2 Å². The molecule has 1 N–H and O–H groups in total. The fourth-order valence-corrected chi connectivity index (χ4v) is 5.15. The number of likely N-dealkylation sites (N-methyl/N-ethyl adjacent to an activating group) is 1. The Kier molecular flexibility index (Phi) is 11.9. The number of halogens is 3. The van der Waals surface area contributed by atoms with Gasteiger partial charge in [-0.1, -0.05) is 6.08 Å². The number of nitrogens with zero attached hydrogens (tertiary/aromatic N) is 4. The molecule has 2 amide bonds. The highest BCUT2D eigenvalue weighted by Crippen LogP contribution is 2.51. The molecule has 13 heteroatoms. The van der Waals surface area contributed by atoms with Crippen LogP contribution >= 0.6 is 8.54 Å². The van der Waals surface area contributed by atoms with Gasteiger partial charge in [-0.2, -0.15) is 8.39 Å². The number of nitrogens with one attached hydrogen (secondary N) is 1. The summed E-state index contributed by atoms with van der Waals surface area (Å²) in [4.78, 5) is 34.2. The van der Waals surface area contributed by atoms with E-state index in [1.165, 1.54) is 32.3 Å². The van der Waals surface area contributed by atoms with E-state index < -0.39 is 25.6 Å². The number of allylic oxidation sites excluding steroid dienone is 1. The largest absolute Gasteiger partial charge is 0.475 e. The lowest BCUT2D eigenvalue weighted by atomic mass is 10.0. The summed E-state index contributed by atoms with van der Waals surface area (Å²) in [7, 11) is 1.26. The van der Waals surface area contributed by atoms with Gasteiger partial charge in [0.2, 0.25) is 12.3 Å². The van der Waals surface area contributed by atoms with Crippen LogP contribution in [0, 0.1) is 5.82 Å². The molecule has 0 bridgehead atoms. The van der Waals surface area contributed by atoms with Gasteiger partial charge in [0.1, 0.15) is 12.4 Å². The average Bonchev–Trinajstić information content (AvgIpc) is 2.96. The normalized spacial score (nSPS) is 18.3. The van der Waals surface area contributed by atoms with Gasteiger partial charge in [-0.3, -0.25) is 14.5 Å². The molecule has 0 spiro atoms. The Labute approximate surface area is 246 Å². The van der Waals surface area contributed by atoms with Crippen LogP contribution in [-0.2, 0) is 14.3 Å². The lowest BCUT2D eigenvalue weighted by Crippen LogP contribution is -2.55. The van der Waals surface area contributed by atoms with E-state index in [-0.39, 0.29) is 28.9 Å². The van der Waals surface area contributed by atoms with E-state index in [4.69, 9.17) is 9.47 Å². The van der Waals surface area contributed by atoms with Crippen LogP contribution in [0.5, 0.6) is 5.88 Å². The molecular formula is C29H37F3N5O4P. The first-order valence-electron chi connectivity index (χ1n) is 13.4. The van der Waals surface area contributed by atoms with E-state index in [0.29, 0.717) is 49.8 Å². The minimum absolute atomic E-state index is 0.128. The van der Waals surface area contributed by atoms with Crippen molar-refractivity contribution in [3.05, 3.63) is 59.4 Å². The molecule has 0 radical (unpaired) electrons. The Balaban J connectivity index is 2.09. The highest BCUT2D eigenvalue weighted by molar-refractivity contribution is 7.51. The van der Waals surface area contributed by atoms with Crippen LogP contribution in [0.25, 0.3) is 11.1 Å². The van der Waals surface area contributed by atoms with Gasteiger partial charge in [0.05, 0.1) is 23.6 Å². The minimum Gasteiger partial charge on any atom is -0.475 e. The fourth-order valence-electron chi connectivity index (χ4n) is 4.61. The van der Waals surface area contributed by atoms with Crippen molar-refractivity contribution in [2.75, 3.05) is 57.7 Å². The third-order valence-corrected chi connectivity index (χ3v) is 7.96. The van der Waals surface area contributed by atoms with Crippen LogP contribution in [0.2, 0.25) is 0 Å². The Morgan fingerprint density at radius 3 is 2.45 bits per heavy atom. The molecule has 2 atom stereocenters. The standard InChI is InChI=1S/C29H37F3N5O4P/c1-7-27(42(31)32)23(17-35(4)18-38)29(39)34-25-12-22(21-8-9-28(33-14-21)41-11-10-40-6)24(30)13-26(25)37-15-19(2)36(5)20(3)16-37/h7-9,12-14,17-20H,10-11,15-16H2,1-6H3,(H,34,39)/b23-17+,27-7+. The van der Waals surface area contributed by atoms with Crippen LogP contribution in [0.15, 0.2) is 53.6 Å². The Hall–Kier alpha value is -3.47. The van der Waals surface area contributed by atoms with Crippen LogP contribution < -0.4 is 15.0 Å². The number of piperazine rings is 1. The molecule has 1 aliphatic rings. The monoisotopic (exact) mass is 607 g/mol. The van der Waals surface area contributed by atoms with Crippen LogP contribution in [0.4, 0.5) is 24.2 Å². The van der Waals surface area contributed by atoms with Crippen molar-refractivity contribution in [1.82, 2.24) is 14.8 Å². The number of hydrogen-bond donors (Lipinski definition) is 1. The number of carbonyl (C=O) groups excluding carboxylic acids is 2. The molecule has 3 rings (SSSR count). The van der Waals surface area contributed by atoms with Crippen LogP contribution in [0.3, 0.4) is 0 Å². The second kappa shape index (κ2) is 15.1. The Morgan fingerprint density at radius 2 is 1.90 bits per heavy atom. The number of pyridine rings is 1. The molecule has 0 aliphatic carbocycles. The second-order valence-electron chi connectivity index (χ2n) is 10.0. The molecule has 228 valence electrons. The quantitative estimate of drug-likeness (QED) is 0.112. The zero-order chi connectivity index (χ0) is 31.0. The maximum atomic E-state index is 15.7. The Bertz CT molecular complexity index is 1300. The van der Waals surface area contributed by atoms with Crippen molar-refractivity contribution >= 4 is 32.2 Å². The lowest BCUT2D eigenvalue weighted by molar-refractivity contribution is -0.115. The van der Waals surface area contributed by atoms with Gasteiger partial charge < -0.3 is 24.6 Å². The van der Waals surface area contributed by atoms with E-state index in [0.717, 1.165) is 17.2 Å². The summed E-state index contributed by atoms with van der Waals surface area (Å²) in [5.41, 5.74) is 0.865. The van der Waals surface area contributed by atoms with Gasteiger partial charge in [-0.25, -0.2) is 9.37 Å². The summed E-state index contributed by atoms with van der Waals surface area (Å²) in [5, 5.41) is 2.26. The smallest absolute Gasteiger partial charge is 0.298 e. The number of methoxy groups -OCH3 is 1. The summed E-state index contributed by atoms with van der Waals surface area (Å²) in [6.45, 7) is 7.28. The summed E-state index contributed by atoms with van der Waals surface area (Å²) in [5.74, 6) is -1.06. The number of rotatable bonds is 12. The first kappa shape index (κ1) is 33.0. The van der Waals surface area contributed by atoms with Gasteiger partial charge in [0.25, 0.3) is 14.5 Å². The van der Waals surface area contributed by atoms with Crippen molar-refractivity contribution in [1.29, 1.82) is 0 Å².